The summed E-state index contributed by atoms with van der Waals surface area (Å²) in [5.74, 6) is 0. The number of hydrogen-bond donors (Lipinski definition) is 0. The molecule has 0 nitrogen and oxygen atoms in total. The van der Waals surface area contributed by atoms with Gasteiger partial charge in [-0.3, -0.25) is 4.70 Å². The second-order valence-corrected chi connectivity index (χ2v) is 0. The van der Waals surface area contributed by atoms with Crippen molar-refractivity contribution < 1.29 is 27.1 Å². The van der Waals surface area contributed by atoms with Gasteiger partial charge in [0, 0.05) is 22.4 Å². The third kappa shape index (κ3) is 67.7. The summed E-state index contributed by atoms with van der Waals surface area (Å²) in [6.45, 7) is 0. The molecule has 0 aliphatic carbocycles. The fraction of sp³-hybridized carbons (Fsp3) is 0. The summed E-state index contributed by atoms with van der Waals surface area (Å²) in [6.07, 6.45) is 0. The molecule has 0 unspecified atom stereocenters. The average molecular weight is 295 g/mol. The summed E-state index contributed by atoms with van der Waals surface area (Å²) in [6, 6.07) is 0. The van der Waals surface area contributed by atoms with Gasteiger partial charge in [0.25, 0.3) is 0 Å². The molecule has 0 aliphatic rings. The molecule has 1 radical (unpaired) electrons. The van der Waals surface area contributed by atoms with Crippen molar-refractivity contribution in [3.63, 3.8) is 0 Å². The van der Waals surface area contributed by atoms with Gasteiger partial charge in [-0.25, -0.2) is 0 Å². The van der Waals surface area contributed by atoms with Crippen LogP contribution in [-0.2, 0) is 22.4 Å². The first kappa shape index (κ1) is 134. The Morgan fingerprint density at radius 3 is 0.429 bits per heavy atom. The summed E-state index contributed by atoms with van der Waals surface area (Å²) in [7, 11) is 0. The minimum absolute atomic E-state index is 0. The van der Waals surface area contributed by atoms with Gasteiger partial charge in [-0.1, -0.05) is 0 Å². The maximum absolute atomic E-state index is 0. The van der Waals surface area contributed by atoms with Crippen LogP contribution in [0.3, 0.4) is 0 Å². The van der Waals surface area contributed by atoms with E-state index < -0.39 is 0 Å². The Balaban J connectivity index is 0. The first-order chi connectivity index (χ1) is 0. The molecule has 7 heavy (non-hydrogen) atoms. The van der Waals surface area contributed by atoms with Crippen molar-refractivity contribution in [1.29, 1.82) is 0 Å². The number of rotatable bonds is 0. The standard InChI is InChI=1S/5ClH.FH.Nb/h6*1H;. The third-order valence-electron chi connectivity index (χ3n) is 0. The van der Waals surface area contributed by atoms with Gasteiger partial charge >= 0.3 is 0 Å². The smallest absolute Gasteiger partial charge is 0 e. The molecular formula is H6Cl5FNb. The van der Waals surface area contributed by atoms with Gasteiger partial charge in [-0.15, -0.1) is 62.0 Å². The van der Waals surface area contributed by atoms with E-state index in [-0.39, 0.29) is 89.1 Å². The second-order valence-electron chi connectivity index (χ2n) is 0. The van der Waals surface area contributed by atoms with Crippen LogP contribution in [-0.4, -0.2) is 0 Å². The van der Waals surface area contributed by atoms with Crippen LogP contribution in [0.4, 0.5) is 4.70 Å². The Hall–Kier alpha value is 2.12. The van der Waals surface area contributed by atoms with E-state index in [4.69, 9.17) is 0 Å². The second kappa shape index (κ2) is 91.6. The molecule has 0 atom stereocenters. The summed E-state index contributed by atoms with van der Waals surface area (Å²) >= 11 is 0. The van der Waals surface area contributed by atoms with Crippen LogP contribution in [0, 0.1) is 0 Å². The number of hydrogen-bond acceptors (Lipinski definition) is 0. The van der Waals surface area contributed by atoms with Gasteiger partial charge in [-0.2, -0.15) is 0 Å². The quantitative estimate of drug-likeness (QED) is 0.601. The maximum Gasteiger partial charge on any atom is 0 e. The molecule has 0 N–H and O–H groups in total. The predicted molar refractivity (Wildman–Crippen MR) is 38.7 cm³/mol. The zero-order valence-corrected chi connectivity index (χ0v) is 9.18. The molecule has 0 saturated carbocycles. The van der Waals surface area contributed by atoms with Crippen molar-refractivity contribution in [2.24, 2.45) is 0 Å². The van der Waals surface area contributed by atoms with Crippen LogP contribution in [0.25, 0.3) is 0 Å². The normalized spacial score (nSPS) is 0. The minimum atomic E-state index is 0. The fourth-order valence-electron chi connectivity index (χ4n) is 0. The van der Waals surface area contributed by atoms with E-state index in [0.717, 1.165) is 0 Å². The first-order valence-electron chi connectivity index (χ1n) is 0. The van der Waals surface area contributed by atoms with Crippen LogP contribution in [0.15, 0.2) is 0 Å². The van der Waals surface area contributed by atoms with Gasteiger partial charge in [-0.05, 0) is 0 Å². The Labute approximate surface area is 88.5 Å². The molecule has 0 aliphatic heterocycles. The Morgan fingerprint density at radius 2 is 0.429 bits per heavy atom. The van der Waals surface area contributed by atoms with E-state index in [2.05, 4.69) is 0 Å². The third-order valence-corrected chi connectivity index (χ3v) is 0. The van der Waals surface area contributed by atoms with E-state index in [1.807, 2.05) is 0 Å². The molecule has 0 aromatic heterocycles. The van der Waals surface area contributed by atoms with Crippen molar-refractivity contribution in [3.8, 4) is 0 Å². The van der Waals surface area contributed by atoms with E-state index >= 15 is 0 Å². The molecule has 0 aromatic rings. The summed E-state index contributed by atoms with van der Waals surface area (Å²) in [5, 5.41) is 0. The summed E-state index contributed by atoms with van der Waals surface area (Å²) < 4.78 is 0. The van der Waals surface area contributed by atoms with Crippen LogP contribution < -0.4 is 0 Å². The largest absolute Gasteiger partial charge is 0.269 e. The monoisotopic (exact) mass is 293 g/mol. The van der Waals surface area contributed by atoms with E-state index in [9.17, 15) is 0 Å². The summed E-state index contributed by atoms with van der Waals surface area (Å²) in [5.41, 5.74) is 0. The van der Waals surface area contributed by atoms with Crippen LogP contribution in [0.5, 0.6) is 0 Å². The first-order valence-corrected chi connectivity index (χ1v) is 0. The van der Waals surface area contributed by atoms with Gasteiger partial charge in [0.05, 0.1) is 0 Å². The zero-order valence-electron chi connectivity index (χ0n) is 2.90. The molecule has 0 fully saturated rings. The van der Waals surface area contributed by atoms with Crippen molar-refractivity contribution in [2.75, 3.05) is 0 Å². The Kier molecular flexibility index (Phi) is 1750. The molecule has 0 heterocycles. The van der Waals surface area contributed by atoms with Gasteiger partial charge < -0.3 is 0 Å². The van der Waals surface area contributed by atoms with E-state index in [1.165, 1.54) is 0 Å². The van der Waals surface area contributed by atoms with Crippen molar-refractivity contribution in [3.05, 3.63) is 0 Å². The molecule has 0 saturated heterocycles. The van der Waals surface area contributed by atoms with Gasteiger partial charge in [0.1, 0.15) is 0 Å². The molecule has 53 valence electrons. The fourth-order valence-corrected chi connectivity index (χ4v) is 0. The topological polar surface area (TPSA) is 0 Å². The SMILES string of the molecule is Cl.Cl.Cl.Cl.Cl.F.[Nb]. The van der Waals surface area contributed by atoms with E-state index in [1.54, 1.807) is 0 Å². The molecule has 0 spiro atoms. The molecule has 0 amide bonds. The van der Waals surface area contributed by atoms with Crippen LogP contribution >= 0.6 is 62.0 Å². The molecular weight excluding hydrogens is 289 g/mol. The summed E-state index contributed by atoms with van der Waals surface area (Å²) in [4.78, 5) is 0. The maximum atomic E-state index is 0. The molecule has 0 aromatic carbocycles. The Bertz CT molecular complexity index is 8.04. The van der Waals surface area contributed by atoms with Crippen molar-refractivity contribution in [1.82, 2.24) is 0 Å². The van der Waals surface area contributed by atoms with E-state index in [0.29, 0.717) is 0 Å². The molecule has 0 bridgehead atoms. The van der Waals surface area contributed by atoms with Crippen LogP contribution in [0.2, 0.25) is 0 Å². The van der Waals surface area contributed by atoms with Crippen LogP contribution in [0.1, 0.15) is 0 Å². The van der Waals surface area contributed by atoms with Gasteiger partial charge in [0.2, 0.25) is 0 Å². The average Bonchev–Trinajstić information content (AvgIpc) is 0. The van der Waals surface area contributed by atoms with Crippen molar-refractivity contribution >= 4 is 62.0 Å². The molecule has 0 rings (SSSR count). The Morgan fingerprint density at radius 1 is 0.429 bits per heavy atom. The van der Waals surface area contributed by atoms with Gasteiger partial charge in [0.15, 0.2) is 0 Å². The molecule has 7 heteroatoms. The van der Waals surface area contributed by atoms with Crippen molar-refractivity contribution in [2.45, 2.75) is 0 Å². The zero-order chi connectivity index (χ0) is 0. The minimum Gasteiger partial charge on any atom is -0.269 e. The predicted octanol–water partition coefficient (Wildman–Crippen LogP) is 2.26. The number of halogens is 6.